The number of halogens is 2. The summed E-state index contributed by atoms with van der Waals surface area (Å²) in [5.41, 5.74) is 6.98. The number of anilines is 1. The molecule has 11 heteroatoms. The second-order valence-electron chi connectivity index (χ2n) is 11.7. The van der Waals surface area contributed by atoms with Gasteiger partial charge in [0.05, 0.1) is 28.3 Å². The van der Waals surface area contributed by atoms with Crippen LogP contribution in [-0.2, 0) is 16.6 Å². The summed E-state index contributed by atoms with van der Waals surface area (Å²) in [6.45, 7) is 0. The van der Waals surface area contributed by atoms with Crippen LogP contribution in [0.1, 0.15) is 55.0 Å². The van der Waals surface area contributed by atoms with Crippen molar-refractivity contribution in [2.75, 3.05) is 4.31 Å². The predicted molar refractivity (Wildman–Crippen MR) is 183 cm³/mol. The molecule has 2 aliphatic rings. The number of nitrogens with one attached hydrogen (secondary N) is 1. The van der Waals surface area contributed by atoms with Crippen molar-refractivity contribution in [3.05, 3.63) is 130 Å². The zero-order chi connectivity index (χ0) is 31.8. The highest BCUT2D eigenvalue weighted by Gasteiger charge is 2.28. The fourth-order valence-corrected chi connectivity index (χ4v) is 7.74. The molecule has 0 amide bonds. The molecule has 3 heterocycles. The van der Waals surface area contributed by atoms with Crippen LogP contribution in [0, 0.1) is 0 Å². The monoisotopic (exact) mass is 671 g/mol. The van der Waals surface area contributed by atoms with Gasteiger partial charge in [0.1, 0.15) is 5.82 Å². The molecule has 1 aliphatic carbocycles. The third kappa shape index (κ3) is 6.23. The maximum Gasteiger partial charge on any atom is 0.330 e. The van der Waals surface area contributed by atoms with E-state index >= 15 is 0 Å². The van der Waals surface area contributed by atoms with Crippen LogP contribution in [0.2, 0.25) is 10.0 Å². The average Bonchev–Trinajstić information content (AvgIpc) is 3.60. The van der Waals surface area contributed by atoms with Crippen LogP contribution in [0.15, 0.2) is 103 Å². The standard InChI is InChI=1S/C35H31Cl2N5O3S/c36-27-11-16-30(31(37)19-27)33-21-41(28-12-14-29(15-13-28)42-22-35(43)40-46(42,44)45)34(39-33)18-23-6-8-25(9-7-23)32-17-10-26(20-38-32)24-4-2-1-3-5-24/h6-17,19-22,24,40,43H,1-5,18H2. The van der Waals surface area contributed by atoms with E-state index in [9.17, 15) is 13.5 Å². The van der Waals surface area contributed by atoms with Crippen LogP contribution in [-0.4, -0.2) is 28.1 Å². The molecule has 0 spiro atoms. The van der Waals surface area contributed by atoms with E-state index in [4.69, 9.17) is 33.2 Å². The summed E-state index contributed by atoms with van der Waals surface area (Å²) in [7, 11) is -3.90. The van der Waals surface area contributed by atoms with Crippen molar-refractivity contribution in [2.45, 2.75) is 44.4 Å². The number of rotatable bonds is 7. The maximum atomic E-state index is 12.4. The first-order valence-corrected chi connectivity index (χ1v) is 17.4. The smallest absolute Gasteiger partial charge is 0.330 e. The third-order valence-electron chi connectivity index (χ3n) is 8.58. The minimum atomic E-state index is -3.90. The van der Waals surface area contributed by atoms with Gasteiger partial charge in [-0.15, -0.1) is 0 Å². The Bertz CT molecular complexity index is 2020. The molecule has 7 rings (SSSR count). The molecule has 8 nitrogen and oxygen atoms in total. The molecule has 0 saturated heterocycles. The molecule has 1 saturated carbocycles. The predicted octanol–water partition coefficient (Wildman–Crippen LogP) is 8.56. The van der Waals surface area contributed by atoms with Crippen molar-refractivity contribution >= 4 is 39.1 Å². The summed E-state index contributed by atoms with van der Waals surface area (Å²) in [6.07, 6.45) is 12.0. The van der Waals surface area contributed by atoms with Gasteiger partial charge in [0, 0.05) is 40.7 Å². The Morgan fingerprint density at radius 2 is 1.61 bits per heavy atom. The molecule has 3 aromatic carbocycles. The molecule has 2 aromatic heterocycles. The summed E-state index contributed by atoms with van der Waals surface area (Å²) in [6, 6.07) is 25.0. The first-order valence-electron chi connectivity index (χ1n) is 15.2. The molecule has 0 radical (unpaired) electrons. The molecular weight excluding hydrogens is 641 g/mol. The number of aliphatic hydroxyl groups excluding tert-OH is 1. The van der Waals surface area contributed by atoms with Crippen molar-refractivity contribution in [3.8, 4) is 28.2 Å². The van der Waals surface area contributed by atoms with E-state index < -0.39 is 16.1 Å². The molecule has 2 N–H and O–H groups in total. The number of hydrogen-bond acceptors (Lipinski definition) is 5. The van der Waals surface area contributed by atoms with E-state index in [1.807, 2.05) is 23.0 Å². The van der Waals surface area contributed by atoms with E-state index in [-0.39, 0.29) is 0 Å². The lowest BCUT2D eigenvalue weighted by molar-refractivity contribution is 0.392. The SMILES string of the molecule is O=S1(=O)NC(O)=CN1c1ccc(-n2cc(-c3ccc(Cl)cc3Cl)nc2Cc2ccc(-c3ccc(C4CCCCC4)cn3)cc2)cc1. The van der Waals surface area contributed by atoms with Crippen LogP contribution < -0.4 is 9.03 Å². The van der Waals surface area contributed by atoms with Crippen molar-refractivity contribution < 1.29 is 13.5 Å². The van der Waals surface area contributed by atoms with Gasteiger partial charge in [-0.25, -0.2) is 14.0 Å². The molecule has 0 bridgehead atoms. The van der Waals surface area contributed by atoms with E-state index in [2.05, 4.69) is 41.1 Å². The normalized spacial score (nSPS) is 16.3. The second kappa shape index (κ2) is 12.5. The Balaban J connectivity index is 1.17. The Kier molecular flexibility index (Phi) is 8.23. The van der Waals surface area contributed by atoms with Gasteiger partial charge in [0.15, 0.2) is 0 Å². The van der Waals surface area contributed by atoms with Gasteiger partial charge in [0.2, 0.25) is 5.88 Å². The molecule has 0 unspecified atom stereocenters. The summed E-state index contributed by atoms with van der Waals surface area (Å²) in [4.78, 5) is 9.77. The maximum absolute atomic E-state index is 12.4. The minimum absolute atomic E-state index is 0.374. The summed E-state index contributed by atoms with van der Waals surface area (Å²) in [5.74, 6) is 0.953. The minimum Gasteiger partial charge on any atom is -0.493 e. The van der Waals surface area contributed by atoms with Gasteiger partial charge in [-0.1, -0.05) is 72.8 Å². The highest BCUT2D eigenvalue weighted by molar-refractivity contribution is 7.91. The first-order chi connectivity index (χ1) is 22.2. The van der Waals surface area contributed by atoms with Gasteiger partial charge >= 0.3 is 10.2 Å². The van der Waals surface area contributed by atoms with Crippen LogP contribution in [0.3, 0.4) is 0 Å². The second-order valence-corrected chi connectivity index (χ2v) is 14.0. The first kappa shape index (κ1) is 30.3. The molecule has 1 fully saturated rings. The van der Waals surface area contributed by atoms with Gasteiger partial charge in [-0.2, -0.15) is 8.42 Å². The Hall–Kier alpha value is -4.31. The summed E-state index contributed by atoms with van der Waals surface area (Å²) >= 11 is 12.7. The van der Waals surface area contributed by atoms with E-state index in [0.717, 1.165) is 44.4 Å². The Morgan fingerprint density at radius 3 is 2.26 bits per heavy atom. The zero-order valence-electron chi connectivity index (χ0n) is 24.8. The Morgan fingerprint density at radius 1 is 0.870 bits per heavy atom. The van der Waals surface area contributed by atoms with Gasteiger partial charge in [0.25, 0.3) is 0 Å². The highest BCUT2D eigenvalue weighted by atomic mass is 35.5. The molecule has 5 aromatic rings. The quantitative estimate of drug-likeness (QED) is 0.181. The molecule has 0 atom stereocenters. The van der Waals surface area contributed by atoms with Crippen LogP contribution >= 0.6 is 23.2 Å². The fourth-order valence-electron chi connectivity index (χ4n) is 6.18. The molecular formula is C35H31Cl2N5O3S. The van der Waals surface area contributed by atoms with Crippen LogP contribution in [0.25, 0.3) is 28.2 Å². The lowest BCUT2D eigenvalue weighted by Gasteiger charge is -2.21. The number of hydrogen-bond donors (Lipinski definition) is 2. The number of benzene rings is 3. The molecule has 1 aliphatic heterocycles. The fraction of sp³-hybridized carbons (Fsp3) is 0.200. The van der Waals surface area contributed by atoms with E-state index in [0.29, 0.717) is 33.8 Å². The van der Waals surface area contributed by atoms with E-state index in [1.54, 1.807) is 36.4 Å². The third-order valence-corrected chi connectivity index (χ3v) is 10.4. The van der Waals surface area contributed by atoms with Gasteiger partial charge in [-0.05, 0) is 78.4 Å². The highest BCUT2D eigenvalue weighted by Crippen LogP contribution is 2.34. The lowest BCUT2D eigenvalue weighted by atomic mass is 9.85. The summed E-state index contributed by atoms with van der Waals surface area (Å²) in [5, 5.41) is 10.7. The van der Waals surface area contributed by atoms with Crippen molar-refractivity contribution in [1.29, 1.82) is 0 Å². The average molecular weight is 673 g/mol. The van der Waals surface area contributed by atoms with Crippen molar-refractivity contribution in [3.63, 3.8) is 0 Å². The topological polar surface area (TPSA) is 100 Å². The van der Waals surface area contributed by atoms with Crippen molar-refractivity contribution in [2.24, 2.45) is 0 Å². The van der Waals surface area contributed by atoms with Crippen molar-refractivity contribution in [1.82, 2.24) is 19.3 Å². The van der Waals surface area contributed by atoms with E-state index in [1.165, 1.54) is 37.7 Å². The number of aromatic nitrogens is 3. The number of aliphatic hydroxyl groups is 1. The van der Waals surface area contributed by atoms with Gasteiger partial charge < -0.3 is 9.67 Å². The largest absolute Gasteiger partial charge is 0.493 e. The molecule has 46 heavy (non-hydrogen) atoms. The zero-order valence-corrected chi connectivity index (χ0v) is 27.1. The summed E-state index contributed by atoms with van der Waals surface area (Å²) < 4.78 is 29.7. The lowest BCUT2D eigenvalue weighted by Crippen LogP contribution is -2.29. The molecule has 234 valence electrons. The number of pyridine rings is 1. The number of imidazole rings is 1. The van der Waals surface area contributed by atoms with Crippen LogP contribution in [0.4, 0.5) is 5.69 Å². The number of nitrogens with zero attached hydrogens (tertiary/aromatic N) is 4. The van der Waals surface area contributed by atoms with Crippen LogP contribution in [0.5, 0.6) is 0 Å². The van der Waals surface area contributed by atoms with Gasteiger partial charge in [-0.3, -0.25) is 4.98 Å². The Labute approximate surface area is 278 Å².